The third-order valence-electron chi connectivity index (χ3n) is 4.54. The Hall–Kier alpha value is -2.70. The van der Waals surface area contributed by atoms with Gasteiger partial charge in [0.05, 0.1) is 6.54 Å². The van der Waals surface area contributed by atoms with Crippen LogP contribution < -0.4 is 20.4 Å². The summed E-state index contributed by atoms with van der Waals surface area (Å²) in [6, 6.07) is 1.14. The third kappa shape index (κ3) is 4.08. The van der Waals surface area contributed by atoms with Gasteiger partial charge in [-0.1, -0.05) is 0 Å². The SMILES string of the molecule is FC(F)c1cc(Nc2nc(N3CCNCC3)nc(N3CCC(F)(F)C3)n2)n[nH]1. The number of H-pyrrole nitrogens is 1. The third-order valence-corrected chi connectivity index (χ3v) is 4.54. The van der Waals surface area contributed by atoms with E-state index in [1.165, 1.54) is 4.90 Å². The zero-order chi connectivity index (χ0) is 19.7. The van der Waals surface area contributed by atoms with Crippen LogP contribution in [0.5, 0.6) is 0 Å². The lowest BCUT2D eigenvalue weighted by Gasteiger charge is -2.28. The molecule has 9 nitrogen and oxygen atoms in total. The smallest absolute Gasteiger partial charge is 0.279 e. The first-order valence-electron chi connectivity index (χ1n) is 8.85. The Labute approximate surface area is 157 Å². The van der Waals surface area contributed by atoms with E-state index in [0.29, 0.717) is 19.0 Å². The molecule has 0 radical (unpaired) electrons. The van der Waals surface area contributed by atoms with Crippen LogP contribution in [-0.4, -0.2) is 70.3 Å². The van der Waals surface area contributed by atoms with E-state index >= 15 is 0 Å². The van der Waals surface area contributed by atoms with Crippen LogP contribution >= 0.6 is 0 Å². The fourth-order valence-corrected chi connectivity index (χ4v) is 3.09. The summed E-state index contributed by atoms with van der Waals surface area (Å²) in [7, 11) is 0. The van der Waals surface area contributed by atoms with E-state index in [1.54, 1.807) is 0 Å². The van der Waals surface area contributed by atoms with Gasteiger partial charge in [0, 0.05) is 45.2 Å². The van der Waals surface area contributed by atoms with Gasteiger partial charge >= 0.3 is 0 Å². The Morgan fingerprint density at radius 1 is 1.04 bits per heavy atom. The molecular weight excluding hydrogens is 382 g/mol. The molecule has 3 N–H and O–H groups in total. The van der Waals surface area contributed by atoms with Crippen molar-refractivity contribution in [1.29, 1.82) is 0 Å². The lowest BCUT2D eigenvalue weighted by molar-refractivity contribution is 0.0256. The van der Waals surface area contributed by atoms with Crippen molar-refractivity contribution in [3.05, 3.63) is 11.8 Å². The van der Waals surface area contributed by atoms with Crippen LogP contribution in [0.25, 0.3) is 0 Å². The van der Waals surface area contributed by atoms with Gasteiger partial charge in [-0.05, 0) is 0 Å². The van der Waals surface area contributed by atoms with E-state index in [1.807, 2.05) is 4.90 Å². The summed E-state index contributed by atoms with van der Waals surface area (Å²) in [6.07, 6.45) is -2.97. The van der Waals surface area contributed by atoms with Gasteiger partial charge in [0.2, 0.25) is 17.8 Å². The van der Waals surface area contributed by atoms with E-state index in [-0.39, 0.29) is 36.4 Å². The molecule has 0 atom stereocenters. The number of anilines is 4. The first kappa shape index (κ1) is 18.7. The molecule has 2 aromatic rings. The average molecular weight is 401 g/mol. The second kappa shape index (κ2) is 7.37. The molecule has 0 bridgehead atoms. The number of piperazine rings is 1. The van der Waals surface area contributed by atoms with Crippen molar-refractivity contribution in [2.45, 2.75) is 18.8 Å². The molecule has 0 aliphatic carbocycles. The van der Waals surface area contributed by atoms with Gasteiger partial charge in [-0.25, -0.2) is 17.6 Å². The second-order valence-electron chi connectivity index (χ2n) is 6.66. The van der Waals surface area contributed by atoms with Crippen molar-refractivity contribution >= 4 is 23.7 Å². The van der Waals surface area contributed by atoms with Crippen molar-refractivity contribution in [2.75, 3.05) is 54.4 Å². The number of aromatic amines is 1. The number of nitrogens with one attached hydrogen (secondary N) is 3. The quantitative estimate of drug-likeness (QED) is 0.649. The highest BCUT2D eigenvalue weighted by molar-refractivity contribution is 5.53. The standard InChI is InChI=1S/C15H19F4N9/c16-11(17)9-7-10(26-25-9)21-12-22-13(27-5-2-20-3-6-27)24-14(23-12)28-4-1-15(18,19)8-28/h7,11,20H,1-6,8H2,(H2,21,22,23,24,25,26). The van der Waals surface area contributed by atoms with Crippen LogP contribution in [0.2, 0.25) is 0 Å². The topological polar surface area (TPSA) is 97.9 Å². The van der Waals surface area contributed by atoms with E-state index in [2.05, 4.69) is 35.8 Å². The maximum absolute atomic E-state index is 13.6. The Bertz CT molecular complexity index is 822. The monoisotopic (exact) mass is 401 g/mol. The highest BCUT2D eigenvalue weighted by Crippen LogP contribution is 2.30. The minimum atomic E-state index is -2.80. The molecule has 4 rings (SSSR count). The summed E-state index contributed by atoms with van der Waals surface area (Å²) in [6.45, 7) is 2.42. The van der Waals surface area contributed by atoms with Crippen LogP contribution in [0.15, 0.2) is 6.07 Å². The minimum absolute atomic E-state index is 0.0565. The number of hydrogen-bond acceptors (Lipinski definition) is 8. The molecular formula is C15H19F4N9. The highest BCUT2D eigenvalue weighted by atomic mass is 19.3. The van der Waals surface area contributed by atoms with Crippen molar-refractivity contribution in [1.82, 2.24) is 30.5 Å². The summed E-state index contributed by atoms with van der Waals surface area (Å²) < 4.78 is 52.7. The summed E-state index contributed by atoms with van der Waals surface area (Å²) in [5, 5.41) is 11.9. The molecule has 152 valence electrons. The second-order valence-corrected chi connectivity index (χ2v) is 6.66. The predicted molar refractivity (Wildman–Crippen MR) is 93.5 cm³/mol. The molecule has 2 fully saturated rings. The highest BCUT2D eigenvalue weighted by Gasteiger charge is 2.39. The summed E-state index contributed by atoms with van der Waals surface area (Å²) in [5.41, 5.74) is -0.349. The van der Waals surface area contributed by atoms with Gasteiger partial charge in [0.1, 0.15) is 5.69 Å². The van der Waals surface area contributed by atoms with E-state index in [4.69, 9.17) is 0 Å². The fourth-order valence-electron chi connectivity index (χ4n) is 3.09. The summed E-state index contributed by atoms with van der Waals surface area (Å²) >= 11 is 0. The fraction of sp³-hybridized carbons (Fsp3) is 0.600. The molecule has 13 heteroatoms. The lowest BCUT2D eigenvalue weighted by atomic mass is 10.3. The van der Waals surface area contributed by atoms with Gasteiger partial charge in [0.15, 0.2) is 5.82 Å². The van der Waals surface area contributed by atoms with Gasteiger partial charge in [-0.15, -0.1) is 0 Å². The lowest BCUT2D eigenvalue weighted by Crippen LogP contribution is -2.44. The number of rotatable bonds is 5. The van der Waals surface area contributed by atoms with Gasteiger partial charge in [-0.2, -0.15) is 20.1 Å². The van der Waals surface area contributed by atoms with Crippen LogP contribution in [0.3, 0.4) is 0 Å². The molecule has 2 aromatic heterocycles. The Kier molecular flexibility index (Phi) is 4.91. The summed E-state index contributed by atoms with van der Waals surface area (Å²) in [4.78, 5) is 16.2. The Morgan fingerprint density at radius 3 is 2.36 bits per heavy atom. The number of nitrogens with zero attached hydrogens (tertiary/aromatic N) is 6. The van der Waals surface area contributed by atoms with Crippen LogP contribution in [-0.2, 0) is 0 Å². The minimum Gasteiger partial charge on any atom is -0.338 e. The Balaban J connectivity index is 1.62. The van der Waals surface area contributed by atoms with Gasteiger partial charge in [0.25, 0.3) is 12.3 Å². The van der Waals surface area contributed by atoms with Crippen LogP contribution in [0, 0.1) is 0 Å². The molecule has 2 aliphatic rings. The predicted octanol–water partition coefficient (Wildman–Crippen LogP) is 1.53. The first-order chi connectivity index (χ1) is 13.4. The largest absolute Gasteiger partial charge is 0.338 e. The van der Waals surface area contributed by atoms with Crippen molar-refractivity contribution in [2.24, 2.45) is 0 Å². The summed E-state index contributed by atoms with van der Waals surface area (Å²) in [5.74, 6) is -2.18. The first-order valence-corrected chi connectivity index (χ1v) is 8.85. The molecule has 2 aliphatic heterocycles. The molecule has 0 saturated carbocycles. The van der Waals surface area contributed by atoms with Crippen molar-refractivity contribution < 1.29 is 17.6 Å². The van der Waals surface area contributed by atoms with Crippen molar-refractivity contribution in [3.8, 4) is 0 Å². The number of alkyl halides is 4. The number of halogens is 4. The average Bonchev–Trinajstić information content (AvgIpc) is 3.28. The van der Waals surface area contributed by atoms with Crippen LogP contribution in [0.1, 0.15) is 18.5 Å². The molecule has 0 unspecified atom stereocenters. The van der Waals surface area contributed by atoms with E-state index in [0.717, 1.165) is 19.2 Å². The molecule has 2 saturated heterocycles. The zero-order valence-corrected chi connectivity index (χ0v) is 14.8. The maximum Gasteiger partial charge on any atom is 0.279 e. The van der Waals surface area contributed by atoms with Gasteiger partial charge in [-0.3, -0.25) is 5.10 Å². The molecule has 0 spiro atoms. The molecule has 0 amide bonds. The number of aromatic nitrogens is 5. The zero-order valence-electron chi connectivity index (χ0n) is 14.8. The Morgan fingerprint density at radius 2 is 1.75 bits per heavy atom. The normalized spacial score (nSPS) is 19.5. The number of hydrogen-bond donors (Lipinski definition) is 3. The van der Waals surface area contributed by atoms with Crippen LogP contribution in [0.4, 0.5) is 41.2 Å². The molecule has 28 heavy (non-hydrogen) atoms. The van der Waals surface area contributed by atoms with Crippen molar-refractivity contribution in [3.63, 3.8) is 0 Å². The van der Waals surface area contributed by atoms with E-state index < -0.39 is 18.9 Å². The molecule has 0 aromatic carbocycles. The van der Waals surface area contributed by atoms with E-state index in [9.17, 15) is 17.6 Å². The maximum atomic E-state index is 13.6. The van der Waals surface area contributed by atoms with Gasteiger partial charge < -0.3 is 20.4 Å². The molecule has 4 heterocycles.